The summed E-state index contributed by atoms with van der Waals surface area (Å²) in [7, 11) is 4.38. The van der Waals surface area contributed by atoms with Crippen molar-refractivity contribution in [3.8, 4) is 0 Å². The Kier molecular flexibility index (Phi) is 1.23. The zero-order valence-corrected chi connectivity index (χ0v) is 5.08. The first-order valence-corrected chi connectivity index (χ1v) is 5.37. The fraction of sp³-hybridized carbons (Fsp3) is 1.00. The molecule has 0 unspecified atom stereocenters. The normalized spacial score (nSPS) is 12.0. The molecule has 2 heteroatoms. The van der Waals surface area contributed by atoms with Crippen molar-refractivity contribution in [2.75, 3.05) is 0 Å². The van der Waals surface area contributed by atoms with E-state index in [9.17, 15) is 0 Å². The molecule has 0 nitrogen and oxygen atoms in total. The quantitative estimate of drug-likeness (QED) is 0.384. The standard InChI is InChI=1S/C3H9BSi/c1-5(2,3)4/h1-3H3/q-1. The third kappa shape index (κ3) is 281. The molecule has 0 aromatic heterocycles. The Morgan fingerprint density at radius 1 is 1.20 bits per heavy atom. The zero-order chi connectivity index (χ0) is 4.50. The summed E-state index contributed by atoms with van der Waals surface area (Å²) in [6, 6.07) is 0. The Balaban J connectivity index is 3.02. The van der Waals surface area contributed by atoms with Gasteiger partial charge in [-0.15, -0.1) is 19.6 Å². The second-order valence-electron chi connectivity index (χ2n) is 2.37. The smallest absolute Gasteiger partial charge is 0.107 e. The van der Waals surface area contributed by atoms with Gasteiger partial charge in [-0.1, -0.05) is 0 Å². The molecule has 0 saturated heterocycles. The van der Waals surface area contributed by atoms with Crippen LogP contribution in [-0.2, 0) is 0 Å². The van der Waals surface area contributed by atoms with E-state index in [0.29, 0.717) is 0 Å². The molecule has 0 heterocycles. The summed E-state index contributed by atoms with van der Waals surface area (Å²) in [6.07, 6.45) is 0. The molecule has 0 aliphatic rings. The van der Waals surface area contributed by atoms with Gasteiger partial charge in [0.15, 0.2) is 0 Å². The highest BCUT2D eigenvalue weighted by molar-refractivity contribution is 7.15. The molecule has 3 radical (unpaired) electrons. The highest BCUT2D eigenvalue weighted by Gasteiger charge is 1.79. The fourth-order valence-corrected chi connectivity index (χ4v) is 0. The Morgan fingerprint density at radius 2 is 1.20 bits per heavy atom. The monoisotopic (exact) mass is 84.1 g/mol. The molecule has 0 bridgehead atoms. The van der Waals surface area contributed by atoms with Crippen LogP contribution in [0.1, 0.15) is 0 Å². The maximum absolute atomic E-state index is 5.49. The average Bonchev–Trinajstić information content (AvgIpc) is 0.722. The Labute approximate surface area is 35.9 Å². The molecule has 0 aliphatic carbocycles. The molecule has 0 saturated carbocycles. The summed E-state index contributed by atoms with van der Waals surface area (Å²) in [5, 5.41) is 0. The zero-order valence-electron chi connectivity index (χ0n) is 4.08. The highest BCUT2D eigenvalue weighted by atomic mass is 28.3. The van der Waals surface area contributed by atoms with Crippen LogP contribution in [0.2, 0.25) is 19.6 Å². The van der Waals surface area contributed by atoms with Gasteiger partial charge in [-0.05, 0) is 0 Å². The van der Waals surface area contributed by atoms with E-state index in [1.165, 1.54) is 0 Å². The summed E-state index contributed by atoms with van der Waals surface area (Å²) in [5.41, 5.74) is 0. The molecule has 0 aromatic carbocycles. The van der Waals surface area contributed by atoms with E-state index >= 15 is 0 Å². The van der Waals surface area contributed by atoms with Crippen molar-refractivity contribution < 1.29 is 0 Å². The van der Waals surface area contributed by atoms with Gasteiger partial charge in [0, 0.05) is 0 Å². The Hall–Kier alpha value is 0.282. The Bertz CT molecular complexity index is 22.4. The SMILES string of the molecule is [B-][Si](C)(C)C. The Morgan fingerprint density at radius 3 is 1.20 bits per heavy atom. The van der Waals surface area contributed by atoms with Crippen molar-refractivity contribution in [1.29, 1.82) is 0 Å². The van der Waals surface area contributed by atoms with Gasteiger partial charge in [0.25, 0.3) is 0 Å². The summed E-state index contributed by atoms with van der Waals surface area (Å²) < 4.78 is 0. The number of hydrogen-bond donors (Lipinski definition) is 0. The molecule has 0 spiro atoms. The average molecular weight is 84.0 g/mol. The van der Waals surface area contributed by atoms with Crippen LogP contribution >= 0.6 is 0 Å². The van der Waals surface area contributed by atoms with E-state index < -0.39 is 7.94 Å². The summed E-state index contributed by atoms with van der Waals surface area (Å²) >= 11 is 0. The van der Waals surface area contributed by atoms with Crippen molar-refractivity contribution in [3.63, 3.8) is 0 Å². The van der Waals surface area contributed by atoms with Gasteiger partial charge in [-0.25, -0.2) is 7.94 Å². The lowest BCUT2D eigenvalue weighted by Gasteiger charge is -2.23. The van der Waals surface area contributed by atoms with Crippen LogP contribution in [0.5, 0.6) is 0 Å². The maximum atomic E-state index is 5.49. The van der Waals surface area contributed by atoms with Crippen molar-refractivity contribution in [1.82, 2.24) is 0 Å². The van der Waals surface area contributed by atoms with Crippen LogP contribution < -0.4 is 0 Å². The lowest BCUT2D eigenvalue weighted by molar-refractivity contribution is 1.87. The van der Waals surface area contributed by atoms with Gasteiger partial charge < -0.3 is 7.44 Å². The topological polar surface area (TPSA) is 0 Å². The van der Waals surface area contributed by atoms with Crippen molar-refractivity contribution in [2.45, 2.75) is 19.6 Å². The molecule has 29 valence electrons. The second-order valence-corrected chi connectivity index (χ2v) is 7.10. The van der Waals surface area contributed by atoms with Crippen LogP contribution in [0.15, 0.2) is 0 Å². The van der Waals surface area contributed by atoms with Crippen molar-refractivity contribution in [2.24, 2.45) is 0 Å². The first-order valence-electron chi connectivity index (χ1n) is 1.79. The first-order chi connectivity index (χ1) is 2.00. The molecule has 0 atom stereocenters. The lowest BCUT2D eigenvalue weighted by atomic mass is 10.7. The van der Waals surface area contributed by atoms with Gasteiger partial charge in [0.05, 0.1) is 0 Å². The minimum atomic E-state index is -1.11. The van der Waals surface area contributed by atoms with Crippen molar-refractivity contribution in [3.05, 3.63) is 0 Å². The van der Waals surface area contributed by atoms with Crippen molar-refractivity contribution >= 4 is 15.4 Å². The predicted molar refractivity (Wildman–Crippen MR) is 29.1 cm³/mol. The van der Waals surface area contributed by atoms with E-state index in [2.05, 4.69) is 19.6 Å². The summed E-state index contributed by atoms with van der Waals surface area (Å²) in [6.45, 7) is 6.31. The molecule has 0 N–H and O–H groups in total. The van der Waals surface area contributed by atoms with Crippen LogP contribution in [0.3, 0.4) is 0 Å². The van der Waals surface area contributed by atoms with E-state index in [1.807, 2.05) is 0 Å². The van der Waals surface area contributed by atoms with Gasteiger partial charge in [0.2, 0.25) is 0 Å². The van der Waals surface area contributed by atoms with E-state index in [0.717, 1.165) is 0 Å². The highest BCUT2D eigenvalue weighted by Crippen LogP contribution is 1.87. The van der Waals surface area contributed by atoms with E-state index in [-0.39, 0.29) is 0 Å². The summed E-state index contributed by atoms with van der Waals surface area (Å²) in [5.74, 6) is 0. The molecular formula is C3H9BSi-. The summed E-state index contributed by atoms with van der Waals surface area (Å²) in [4.78, 5) is 0. The molecule has 0 amide bonds. The minimum absolute atomic E-state index is 1.11. The largest absolute Gasteiger partial charge is 0.625 e. The minimum Gasteiger partial charge on any atom is -0.625 e. The van der Waals surface area contributed by atoms with E-state index in [1.54, 1.807) is 0 Å². The predicted octanol–water partition coefficient (Wildman–Crippen LogP) is 0.990. The van der Waals surface area contributed by atoms with Gasteiger partial charge >= 0.3 is 0 Å². The maximum Gasteiger partial charge on any atom is -0.107 e. The molecular weight excluding hydrogens is 74.9 g/mol. The second kappa shape index (κ2) is 1.17. The third-order valence-corrected chi connectivity index (χ3v) is 0. The fourth-order valence-electron chi connectivity index (χ4n) is 0. The first kappa shape index (κ1) is 5.28. The molecule has 0 rings (SSSR count). The third-order valence-electron chi connectivity index (χ3n) is 0. The number of hydrogen-bond acceptors (Lipinski definition) is 0. The molecule has 0 fully saturated rings. The van der Waals surface area contributed by atoms with Crippen LogP contribution in [-0.4, -0.2) is 15.4 Å². The molecule has 5 heavy (non-hydrogen) atoms. The van der Waals surface area contributed by atoms with Gasteiger partial charge in [-0.2, -0.15) is 0 Å². The lowest BCUT2D eigenvalue weighted by Crippen LogP contribution is -2.18. The van der Waals surface area contributed by atoms with Gasteiger partial charge in [0.1, 0.15) is 0 Å². The molecule has 0 aromatic rings. The van der Waals surface area contributed by atoms with Crippen LogP contribution in [0.25, 0.3) is 0 Å². The number of rotatable bonds is 0. The van der Waals surface area contributed by atoms with E-state index in [4.69, 9.17) is 7.44 Å². The molecule has 0 aliphatic heterocycles. The van der Waals surface area contributed by atoms with Crippen LogP contribution in [0.4, 0.5) is 0 Å². The van der Waals surface area contributed by atoms with Crippen LogP contribution in [0, 0.1) is 0 Å². The van der Waals surface area contributed by atoms with Gasteiger partial charge in [-0.3, -0.25) is 0 Å².